The second-order valence-corrected chi connectivity index (χ2v) is 7.40. The van der Waals surface area contributed by atoms with Crippen LogP contribution >= 0.6 is 0 Å². The summed E-state index contributed by atoms with van der Waals surface area (Å²) in [6.45, 7) is 0.495. The highest BCUT2D eigenvalue weighted by molar-refractivity contribution is 5.94. The Morgan fingerprint density at radius 2 is 1.71 bits per heavy atom. The molecule has 0 radical (unpaired) electrons. The molecule has 2 fully saturated rings. The zero-order chi connectivity index (χ0) is 16.8. The molecule has 2 N–H and O–H groups in total. The van der Waals surface area contributed by atoms with Gasteiger partial charge >= 0.3 is 0 Å². The maximum Gasteiger partial charge on any atom is 0.251 e. The van der Waals surface area contributed by atoms with E-state index >= 15 is 0 Å². The average Bonchev–Trinajstić information content (AvgIpc) is 2.63. The topological polar surface area (TPSA) is 52.6 Å². The molecule has 0 aliphatic heterocycles. The number of hydrogen-bond acceptors (Lipinski definition) is 3. The Morgan fingerprint density at radius 3 is 2.42 bits per heavy atom. The van der Waals surface area contributed by atoms with Crippen molar-refractivity contribution >= 4 is 5.91 Å². The van der Waals surface area contributed by atoms with Gasteiger partial charge in [0.1, 0.15) is 0 Å². The maximum atomic E-state index is 12.5. The van der Waals surface area contributed by atoms with Crippen LogP contribution in [0.4, 0.5) is 0 Å². The van der Waals surface area contributed by atoms with E-state index in [-0.39, 0.29) is 11.9 Å². The lowest BCUT2D eigenvalue weighted by molar-refractivity contribution is -0.143. The van der Waals surface area contributed by atoms with Crippen molar-refractivity contribution < 1.29 is 10.0 Å². The van der Waals surface area contributed by atoms with Crippen LogP contribution in [0.15, 0.2) is 24.3 Å². The summed E-state index contributed by atoms with van der Waals surface area (Å²) in [5.74, 6) is 0.0194. The predicted molar refractivity (Wildman–Crippen MR) is 95.0 cm³/mol. The lowest BCUT2D eigenvalue weighted by Crippen LogP contribution is -2.36. The summed E-state index contributed by atoms with van der Waals surface area (Å²) in [5, 5.41) is 15.0. The fourth-order valence-electron chi connectivity index (χ4n) is 4.02. The molecule has 0 aromatic heterocycles. The van der Waals surface area contributed by atoms with Gasteiger partial charge in [-0.25, -0.2) is 0 Å². The normalized spacial score (nSPS) is 20.2. The molecule has 0 bridgehead atoms. The van der Waals surface area contributed by atoms with E-state index in [4.69, 9.17) is 0 Å². The van der Waals surface area contributed by atoms with Crippen LogP contribution in [0.5, 0.6) is 0 Å². The second kappa shape index (κ2) is 8.63. The van der Waals surface area contributed by atoms with Gasteiger partial charge in [-0.05, 0) is 43.4 Å². The molecular weight excluding hydrogens is 300 g/mol. The lowest BCUT2D eigenvalue weighted by atomic mass is 9.95. The first-order valence-electron chi connectivity index (χ1n) is 9.58. The molecule has 3 rings (SSSR count). The van der Waals surface area contributed by atoms with Gasteiger partial charge in [0, 0.05) is 24.2 Å². The lowest BCUT2D eigenvalue weighted by Gasteiger charge is -2.29. The fourth-order valence-corrected chi connectivity index (χ4v) is 4.02. The number of hydroxylamine groups is 2. The maximum absolute atomic E-state index is 12.5. The summed E-state index contributed by atoms with van der Waals surface area (Å²) in [6, 6.07) is 8.28. The molecule has 132 valence electrons. The van der Waals surface area contributed by atoms with E-state index in [1.165, 1.54) is 43.6 Å². The van der Waals surface area contributed by atoms with E-state index in [1.807, 2.05) is 24.3 Å². The van der Waals surface area contributed by atoms with E-state index in [0.29, 0.717) is 18.2 Å². The van der Waals surface area contributed by atoms with Gasteiger partial charge in [0.05, 0.1) is 0 Å². The zero-order valence-corrected chi connectivity index (χ0v) is 14.5. The Balaban J connectivity index is 1.57. The number of nitrogens with one attached hydrogen (secondary N) is 1. The molecule has 24 heavy (non-hydrogen) atoms. The minimum atomic E-state index is 0.0194. The third-order valence-corrected chi connectivity index (χ3v) is 5.47. The van der Waals surface area contributed by atoms with Crippen LogP contribution in [-0.4, -0.2) is 28.3 Å². The predicted octanol–water partition coefficient (Wildman–Crippen LogP) is 4.27. The Morgan fingerprint density at radius 1 is 1.04 bits per heavy atom. The number of amides is 1. The molecule has 2 aliphatic rings. The highest BCUT2D eigenvalue weighted by Gasteiger charge is 2.20. The van der Waals surface area contributed by atoms with E-state index in [2.05, 4.69) is 5.32 Å². The molecule has 1 aromatic rings. The zero-order valence-electron chi connectivity index (χ0n) is 14.5. The van der Waals surface area contributed by atoms with Crippen LogP contribution in [0, 0.1) is 0 Å². The summed E-state index contributed by atoms with van der Waals surface area (Å²) in [4.78, 5) is 12.5. The quantitative estimate of drug-likeness (QED) is 0.793. The number of carbonyl (C=O) groups excluding carboxylic acids is 1. The first-order valence-corrected chi connectivity index (χ1v) is 9.58. The smallest absolute Gasteiger partial charge is 0.251 e. The molecule has 2 aliphatic carbocycles. The van der Waals surface area contributed by atoms with E-state index in [9.17, 15) is 10.0 Å². The molecule has 4 heteroatoms. The molecule has 4 nitrogen and oxygen atoms in total. The van der Waals surface area contributed by atoms with Crippen molar-refractivity contribution in [3.8, 4) is 0 Å². The standard InChI is InChI=1S/C20H30N2O2/c23-20(21-18-10-3-1-4-11-18)17-9-7-8-16(14-17)15-22(24)19-12-5-2-6-13-19/h7-9,14,18-19,24H,1-6,10-13,15H2,(H,21,23). The molecule has 0 unspecified atom stereocenters. The van der Waals surface area contributed by atoms with Crippen molar-refractivity contribution in [2.45, 2.75) is 82.8 Å². The summed E-state index contributed by atoms with van der Waals surface area (Å²) >= 11 is 0. The highest BCUT2D eigenvalue weighted by Crippen LogP contribution is 2.23. The van der Waals surface area contributed by atoms with Gasteiger partial charge in [-0.2, -0.15) is 5.06 Å². The Hall–Kier alpha value is -1.39. The van der Waals surface area contributed by atoms with Gasteiger partial charge in [0.25, 0.3) is 5.91 Å². The van der Waals surface area contributed by atoms with Crippen molar-refractivity contribution in [3.63, 3.8) is 0 Å². The summed E-state index contributed by atoms with van der Waals surface area (Å²) in [6.07, 6.45) is 11.7. The third-order valence-electron chi connectivity index (χ3n) is 5.47. The Bertz CT molecular complexity index is 534. The Labute approximate surface area is 145 Å². The first kappa shape index (κ1) is 17.4. The van der Waals surface area contributed by atoms with Gasteiger partial charge in [0.15, 0.2) is 0 Å². The molecule has 0 spiro atoms. The number of benzene rings is 1. The molecule has 1 amide bonds. The minimum Gasteiger partial charge on any atom is -0.349 e. The molecule has 0 atom stereocenters. The van der Waals surface area contributed by atoms with Crippen LogP contribution in [-0.2, 0) is 6.54 Å². The van der Waals surface area contributed by atoms with Gasteiger partial charge < -0.3 is 10.5 Å². The largest absolute Gasteiger partial charge is 0.349 e. The van der Waals surface area contributed by atoms with E-state index in [1.54, 1.807) is 0 Å². The number of carbonyl (C=O) groups is 1. The summed E-state index contributed by atoms with van der Waals surface area (Å²) < 4.78 is 0. The van der Waals surface area contributed by atoms with E-state index < -0.39 is 0 Å². The van der Waals surface area contributed by atoms with Gasteiger partial charge in [0.2, 0.25) is 0 Å². The molecule has 0 heterocycles. The minimum absolute atomic E-state index is 0.0194. The molecule has 2 saturated carbocycles. The van der Waals surface area contributed by atoms with Crippen molar-refractivity contribution in [1.82, 2.24) is 10.4 Å². The molecule has 0 saturated heterocycles. The van der Waals surface area contributed by atoms with Crippen molar-refractivity contribution in [3.05, 3.63) is 35.4 Å². The van der Waals surface area contributed by atoms with Crippen LogP contribution in [0.3, 0.4) is 0 Å². The van der Waals surface area contributed by atoms with E-state index in [0.717, 1.165) is 31.2 Å². The van der Waals surface area contributed by atoms with Gasteiger partial charge in [-0.15, -0.1) is 0 Å². The number of nitrogens with zero attached hydrogens (tertiary/aromatic N) is 1. The van der Waals surface area contributed by atoms with Crippen molar-refractivity contribution in [1.29, 1.82) is 0 Å². The van der Waals surface area contributed by atoms with Gasteiger partial charge in [-0.1, -0.05) is 50.7 Å². The van der Waals surface area contributed by atoms with Crippen LogP contribution < -0.4 is 5.32 Å². The second-order valence-electron chi connectivity index (χ2n) is 7.40. The van der Waals surface area contributed by atoms with Crippen molar-refractivity contribution in [2.24, 2.45) is 0 Å². The highest BCUT2D eigenvalue weighted by atomic mass is 16.5. The fraction of sp³-hybridized carbons (Fsp3) is 0.650. The van der Waals surface area contributed by atoms with Crippen LogP contribution in [0.25, 0.3) is 0 Å². The van der Waals surface area contributed by atoms with Crippen LogP contribution in [0.2, 0.25) is 0 Å². The molecule has 1 aromatic carbocycles. The van der Waals surface area contributed by atoms with Crippen molar-refractivity contribution in [2.75, 3.05) is 0 Å². The summed E-state index contributed by atoms with van der Waals surface area (Å²) in [7, 11) is 0. The average molecular weight is 330 g/mol. The summed E-state index contributed by atoms with van der Waals surface area (Å²) in [5.41, 5.74) is 1.70. The number of hydrogen-bond donors (Lipinski definition) is 2. The number of rotatable bonds is 5. The van der Waals surface area contributed by atoms with Crippen LogP contribution in [0.1, 0.15) is 80.1 Å². The Kier molecular flexibility index (Phi) is 6.27. The molecular formula is C20H30N2O2. The third kappa shape index (κ3) is 4.81. The monoisotopic (exact) mass is 330 g/mol. The van der Waals surface area contributed by atoms with Gasteiger partial charge in [-0.3, -0.25) is 4.79 Å². The SMILES string of the molecule is O=C(NC1CCCCC1)c1cccc(CN(O)C2CCCCC2)c1. The first-order chi connectivity index (χ1) is 11.7.